The van der Waals surface area contributed by atoms with Gasteiger partial charge in [-0.2, -0.15) is 0 Å². The van der Waals surface area contributed by atoms with Crippen molar-refractivity contribution in [3.05, 3.63) is 54.0 Å². The van der Waals surface area contributed by atoms with Gasteiger partial charge in [-0.1, -0.05) is 13.3 Å². The molecule has 2 rings (SSSR count). The second-order valence-corrected chi connectivity index (χ2v) is 5.89. The lowest BCUT2D eigenvalue weighted by Gasteiger charge is -2.15. The Morgan fingerprint density at radius 3 is 2.48 bits per heavy atom. The molecule has 0 saturated heterocycles. The van der Waals surface area contributed by atoms with Gasteiger partial charge in [0.1, 0.15) is 0 Å². The van der Waals surface area contributed by atoms with E-state index >= 15 is 0 Å². The molecule has 2 aromatic rings. The third kappa shape index (κ3) is 5.76. The van der Waals surface area contributed by atoms with E-state index in [-0.39, 0.29) is 30.1 Å². The molecule has 0 spiro atoms. The first-order valence-corrected chi connectivity index (χ1v) is 8.48. The minimum atomic E-state index is -0.339. The molecule has 25 heavy (non-hydrogen) atoms. The molecule has 0 bridgehead atoms. The van der Waals surface area contributed by atoms with Crippen molar-refractivity contribution >= 4 is 17.5 Å². The number of hydrogen-bond donors (Lipinski definition) is 3. The highest BCUT2D eigenvalue weighted by Gasteiger charge is 2.12. The Kier molecular flexibility index (Phi) is 7.22. The first-order valence-electron chi connectivity index (χ1n) is 8.48. The fourth-order valence-corrected chi connectivity index (χ4v) is 2.58. The molecule has 134 valence electrons. The van der Waals surface area contributed by atoms with E-state index in [0.717, 1.165) is 12.8 Å². The van der Waals surface area contributed by atoms with Crippen LogP contribution in [-0.2, 0) is 0 Å². The van der Waals surface area contributed by atoms with Gasteiger partial charge in [0.25, 0.3) is 11.8 Å². The predicted octanol–water partition coefficient (Wildman–Crippen LogP) is 3.06. The summed E-state index contributed by atoms with van der Waals surface area (Å²) in [5.74, 6) is 0.00930. The van der Waals surface area contributed by atoms with Crippen LogP contribution in [0.3, 0.4) is 0 Å². The summed E-state index contributed by atoms with van der Waals surface area (Å²) < 4.78 is 5.03. The topological polar surface area (TPSA) is 91.6 Å². The standard InChI is InChI=1S/C19H24N2O4/c1-2-4-14(10-11-22)13-20-18(23)15-6-8-16(9-7-15)21-19(24)17-5-3-12-25-17/h3,5-9,12,14,22H,2,4,10-11,13H2,1H3,(H,20,23)(H,21,24). The highest BCUT2D eigenvalue weighted by atomic mass is 16.3. The van der Waals surface area contributed by atoms with E-state index in [2.05, 4.69) is 17.6 Å². The summed E-state index contributed by atoms with van der Waals surface area (Å²) in [6.07, 6.45) is 4.11. The zero-order valence-electron chi connectivity index (χ0n) is 14.3. The first-order chi connectivity index (χ1) is 12.1. The van der Waals surface area contributed by atoms with E-state index in [0.29, 0.717) is 24.2 Å². The van der Waals surface area contributed by atoms with Gasteiger partial charge in [0.2, 0.25) is 0 Å². The SMILES string of the molecule is CCCC(CCO)CNC(=O)c1ccc(NC(=O)c2ccco2)cc1. The van der Waals surface area contributed by atoms with Crippen molar-refractivity contribution in [2.75, 3.05) is 18.5 Å². The molecule has 0 aliphatic rings. The van der Waals surface area contributed by atoms with Crippen LogP contribution in [-0.4, -0.2) is 30.1 Å². The van der Waals surface area contributed by atoms with Crippen molar-refractivity contribution in [2.24, 2.45) is 5.92 Å². The summed E-state index contributed by atoms with van der Waals surface area (Å²) in [6.45, 7) is 2.76. The molecular formula is C19H24N2O4. The molecule has 6 heteroatoms. The van der Waals surface area contributed by atoms with E-state index in [1.807, 2.05) is 0 Å². The summed E-state index contributed by atoms with van der Waals surface area (Å²) >= 11 is 0. The van der Waals surface area contributed by atoms with Gasteiger partial charge in [-0.25, -0.2) is 0 Å². The fourth-order valence-electron chi connectivity index (χ4n) is 2.58. The number of rotatable bonds is 9. The Labute approximate surface area is 147 Å². The second-order valence-electron chi connectivity index (χ2n) is 5.89. The summed E-state index contributed by atoms with van der Waals surface area (Å²) in [7, 11) is 0. The van der Waals surface area contributed by atoms with E-state index in [9.17, 15) is 9.59 Å². The molecule has 0 radical (unpaired) electrons. The smallest absolute Gasteiger partial charge is 0.291 e. The molecule has 0 fully saturated rings. The van der Waals surface area contributed by atoms with Gasteiger partial charge >= 0.3 is 0 Å². The maximum Gasteiger partial charge on any atom is 0.291 e. The highest BCUT2D eigenvalue weighted by molar-refractivity contribution is 6.02. The normalized spacial score (nSPS) is 11.8. The van der Waals surface area contributed by atoms with Crippen LogP contribution in [0.2, 0.25) is 0 Å². The quantitative estimate of drug-likeness (QED) is 0.652. The minimum absolute atomic E-state index is 0.130. The van der Waals surface area contributed by atoms with Crippen molar-refractivity contribution in [3.8, 4) is 0 Å². The maximum absolute atomic E-state index is 12.2. The average Bonchev–Trinajstić information content (AvgIpc) is 3.15. The summed E-state index contributed by atoms with van der Waals surface area (Å²) in [4.78, 5) is 24.1. The van der Waals surface area contributed by atoms with Gasteiger partial charge < -0.3 is 20.2 Å². The molecule has 2 amide bonds. The first kappa shape index (κ1) is 18.7. The zero-order chi connectivity index (χ0) is 18.1. The highest BCUT2D eigenvalue weighted by Crippen LogP contribution is 2.13. The van der Waals surface area contributed by atoms with Gasteiger partial charge in [0.15, 0.2) is 5.76 Å². The van der Waals surface area contributed by atoms with Crippen molar-refractivity contribution in [2.45, 2.75) is 26.2 Å². The number of benzene rings is 1. The largest absolute Gasteiger partial charge is 0.459 e. The summed E-state index contributed by atoms with van der Waals surface area (Å²) in [5.41, 5.74) is 1.11. The van der Waals surface area contributed by atoms with Gasteiger partial charge in [-0.05, 0) is 55.2 Å². The van der Waals surface area contributed by atoms with Crippen molar-refractivity contribution in [1.82, 2.24) is 5.32 Å². The molecule has 3 N–H and O–H groups in total. The molecule has 1 heterocycles. The van der Waals surface area contributed by atoms with E-state index in [1.54, 1.807) is 36.4 Å². The number of carbonyl (C=O) groups excluding carboxylic acids is 2. The zero-order valence-corrected chi connectivity index (χ0v) is 14.3. The van der Waals surface area contributed by atoms with Crippen LogP contribution in [0.5, 0.6) is 0 Å². The van der Waals surface area contributed by atoms with Gasteiger partial charge in [-0.15, -0.1) is 0 Å². The van der Waals surface area contributed by atoms with E-state index in [4.69, 9.17) is 9.52 Å². The molecule has 0 aliphatic heterocycles. The summed E-state index contributed by atoms with van der Waals surface area (Å²) in [5, 5.41) is 14.7. The third-order valence-electron chi connectivity index (χ3n) is 3.94. The number of aliphatic hydroxyl groups excluding tert-OH is 1. The molecule has 6 nitrogen and oxygen atoms in total. The van der Waals surface area contributed by atoms with Gasteiger partial charge in [-0.3, -0.25) is 9.59 Å². The second kappa shape index (κ2) is 9.64. The van der Waals surface area contributed by atoms with Crippen LogP contribution >= 0.6 is 0 Å². The van der Waals surface area contributed by atoms with Crippen LogP contribution in [0, 0.1) is 5.92 Å². The Bertz CT molecular complexity index is 659. The maximum atomic E-state index is 12.2. The number of anilines is 1. The van der Waals surface area contributed by atoms with E-state index in [1.165, 1.54) is 6.26 Å². The Morgan fingerprint density at radius 1 is 1.12 bits per heavy atom. The summed E-state index contributed by atoms with van der Waals surface area (Å²) in [6, 6.07) is 9.89. The number of nitrogens with one attached hydrogen (secondary N) is 2. The number of carbonyl (C=O) groups is 2. The molecule has 0 aliphatic carbocycles. The van der Waals surface area contributed by atoms with Gasteiger partial charge in [0.05, 0.1) is 6.26 Å². The Hall–Kier alpha value is -2.60. The lowest BCUT2D eigenvalue weighted by molar-refractivity contribution is 0.0942. The molecular weight excluding hydrogens is 320 g/mol. The average molecular weight is 344 g/mol. The number of aliphatic hydroxyl groups is 1. The Balaban J connectivity index is 1.88. The molecule has 0 saturated carbocycles. The molecule has 1 unspecified atom stereocenters. The third-order valence-corrected chi connectivity index (χ3v) is 3.94. The number of furan rings is 1. The van der Waals surface area contributed by atoms with Crippen LogP contribution in [0.25, 0.3) is 0 Å². The van der Waals surface area contributed by atoms with E-state index < -0.39 is 0 Å². The number of hydrogen-bond acceptors (Lipinski definition) is 4. The van der Waals surface area contributed by atoms with Crippen LogP contribution in [0.4, 0.5) is 5.69 Å². The fraction of sp³-hybridized carbons (Fsp3) is 0.368. The lowest BCUT2D eigenvalue weighted by Crippen LogP contribution is -2.29. The minimum Gasteiger partial charge on any atom is -0.459 e. The van der Waals surface area contributed by atoms with Crippen LogP contribution in [0.1, 0.15) is 47.1 Å². The molecule has 1 aromatic heterocycles. The Morgan fingerprint density at radius 2 is 1.88 bits per heavy atom. The lowest BCUT2D eigenvalue weighted by atomic mass is 10.00. The van der Waals surface area contributed by atoms with Crippen molar-refractivity contribution in [3.63, 3.8) is 0 Å². The predicted molar refractivity (Wildman–Crippen MR) is 95.5 cm³/mol. The van der Waals surface area contributed by atoms with Crippen LogP contribution < -0.4 is 10.6 Å². The van der Waals surface area contributed by atoms with Gasteiger partial charge in [0, 0.05) is 24.4 Å². The number of amides is 2. The molecule has 1 atom stereocenters. The van der Waals surface area contributed by atoms with Crippen molar-refractivity contribution in [1.29, 1.82) is 0 Å². The monoisotopic (exact) mass is 344 g/mol. The van der Waals surface area contributed by atoms with Crippen molar-refractivity contribution < 1.29 is 19.1 Å². The van der Waals surface area contributed by atoms with Crippen LogP contribution in [0.15, 0.2) is 47.1 Å². The molecule has 1 aromatic carbocycles.